The number of nitrogens with two attached hydrogens (primary N) is 2. The number of anilines is 2. The minimum atomic E-state index is -0.0392. The van der Waals surface area contributed by atoms with Gasteiger partial charge in [0.25, 0.3) is 5.91 Å². The number of hydrogen-bond donors (Lipinski definition) is 3. The number of piperazine rings is 1. The maximum atomic E-state index is 12.3. The van der Waals surface area contributed by atoms with Gasteiger partial charge in [0.1, 0.15) is 0 Å². The Morgan fingerprint density at radius 1 is 1.11 bits per heavy atom. The maximum Gasteiger partial charge on any atom is 0.254 e. The van der Waals surface area contributed by atoms with Gasteiger partial charge in [-0.25, -0.2) is 0 Å². The van der Waals surface area contributed by atoms with Crippen LogP contribution in [0.15, 0.2) is 18.2 Å². The minimum absolute atomic E-state index is 0.0392. The molecule has 19 heavy (non-hydrogen) atoms. The van der Waals surface area contributed by atoms with E-state index < -0.39 is 0 Å². The van der Waals surface area contributed by atoms with Crippen LogP contribution in [0.4, 0.5) is 11.4 Å². The van der Waals surface area contributed by atoms with Gasteiger partial charge < -0.3 is 21.5 Å². The number of rotatable bonds is 3. The lowest BCUT2D eigenvalue weighted by Gasteiger charge is -2.34. The standard InChI is InChI=1S/C13H20N4O2/c14-11-7-10(8-12(15)9-11)13(19)17-3-1-16(2-4-17)5-6-18/h7-9,18H,1-6,14-15H2. The number of benzene rings is 1. The van der Waals surface area contributed by atoms with Crippen molar-refractivity contribution in [3.05, 3.63) is 23.8 Å². The second kappa shape index (κ2) is 5.90. The molecule has 0 unspecified atom stereocenters. The van der Waals surface area contributed by atoms with Gasteiger partial charge in [0.2, 0.25) is 0 Å². The SMILES string of the molecule is Nc1cc(N)cc(C(=O)N2CCN(CCO)CC2)c1. The van der Waals surface area contributed by atoms with Crippen LogP contribution in [0.2, 0.25) is 0 Å². The average molecular weight is 264 g/mol. The van der Waals surface area contributed by atoms with Gasteiger partial charge in [0.05, 0.1) is 6.61 Å². The highest BCUT2D eigenvalue weighted by Crippen LogP contribution is 2.16. The molecule has 1 aliphatic rings. The molecular weight excluding hydrogens is 244 g/mol. The fraction of sp³-hybridized carbons (Fsp3) is 0.462. The predicted octanol–water partition coefficient (Wildman–Crippen LogP) is -0.399. The number of β-amino-alcohol motifs (C(OH)–C–C–N with tert-alkyl or cyclic N) is 1. The van der Waals surface area contributed by atoms with Crippen molar-refractivity contribution >= 4 is 17.3 Å². The second-order valence-electron chi connectivity index (χ2n) is 4.75. The van der Waals surface area contributed by atoms with Crippen molar-refractivity contribution in [2.24, 2.45) is 0 Å². The van der Waals surface area contributed by atoms with E-state index in [0.717, 1.165) is 13.1 Å². The zero-order valence-electron chi connectivity index (χ0n) is 10.9. The van der Waals surface area contributed by atoms with E-state index in [2.05, 4.69) is 4.90 Å². The first-order valence-corrected chi connectivity index (χ1v) is 6.38. The van der Waals surface area contributed by atoms with Crippen LogP contribution in [-0.4, -0.2) is 60.1 Å². The van der Waals surface area contributed by atoms with E-state index in [4.69, 9.17) is 16.6 Å². The van der Waals surface area contributed by atoms with Crippen LogP contribution in [-0.2, 0) is 0 Å². The number of aliphatic hydroxyl groups is 1. The summed E-state index contributed by atoms with van der Waals surface area (Å²) in [6.45, 7) is 3.70. The highest BCUT2D eigenvalue weighted by molar-refractivity contribution is 5.96. The van der Waals surface area contributed by atoms with Crippen LogP contribution in [0.25, 0.3) is 0 Å². The summed E-state index contributed by atoms with van der Waals surface area (Å²) >= 11 is 0. The lowest BCUT2D eigenvalue weighted by Crippen LogP contribution is -2.49. The number of carbonyl (C=O) groups is 1. The quantitative estimate of drug-likeness (QED) is 0.646. The molecule has 6 heteroatoms. The van der Waals surface area contributed by atoms with Crippen LogP contribution in [0.5, 0.6) is 0 Å². The zero-order chi connectivity index (χ0) is 13.8. The molecule has 0 bridgehead atoms. The summed E-state index contributed by atoms with van der Waals surface area (Å²) in [4.78, 5) is 16.2. The van der Waals surface area contributed by atoms with E-state index in [9.17, 15) is 4.79 Å². The van der Waals surface area contributed by atoms with Gasteiger partial charge >= 0.3 is 0 Å². The second-order valence-corrected chi connectivity index (χ2v) is 4.75. The van der Waals surface area contributed by atoms with Crippen LogP contribution >= 0.6 is 0 Å². The van der Waals surface area contributed by atoms with Crippen molar-refractivity contribution in [1.82, 2.24) is 9.80 Å². The summed E-state index contributed by atoms with van der Waals surface area (Å²) in [6.07, 6.45) is 0. The third-order valence-electron chi connectivity index (χ3n) is 3.30. The fourth-order valence-corrected chi connectivity index (χ4v) is 2.30. The van der Waals surface area contributed by atoms with Crippen LogP contribution in [0.1, 0.15) is 10.4 Å². The van der Waals surface area contributed by atoms with E-state index >= 15 is 0 Å². The smallest absolute Gasteiger partial charge is 0.254 e. The molecule has 1 fully saturated rings. The van der Waals surface area contributed by atoms with E-state index in [1.54, 1.807) is 23.1 Å². The largest absolute Gasteiger partial charge is 0.399 e. The lowest BCUT2D eigenvalue weighted by molar-refractivity contribution is 0.0615. The van der Waals surface area contributed by atoms with Gasteiger partial charge in [-0.2, -0.15) is 0 Å². The first-order chi connectivity index (χ1) is 9.10. The Kier molecular flexibility index (Phi) is 4.24. The highest BCUT2D eigenvalue weighted by atomic mass is 16.3. The first kappa shape index (κ1) is 13.6. The van der Waals surface area contributed by atoms with Crippen LogP contribution in [0.3, 0.4) is 0 Å². The summed E-state index contributed by atoms with van der Waals surface area (Å²) in [5.41, 5.74) is 12.9. The number of amides is 1. The molecular formula is C13H20N4O2. The van der Waals surface area contributed by atoms with Crippen molar-refractivity contribution in [2.45, 2.75) is 0 Å². The topological polar surface area (TPSA) is 95.8 Å². The molecule has 0 atom stereocenters. The van der Waals surface area contributed by atoms with Gasteiger partial charge in [-0.3, -0.25) is 9.69 Å². The molecule has 1 aromatic carbocycles. The van der Waals surface area contributed by atoms with Crippen molar-refractivity contribution in [3.8, 4) is 0 Å². The van der Waals surface area contributed by atoms with E-state index in [1.807, 2.05) is 0 Å². The average Bonchev–Trinajstić information content (AvgIpc) is 2.38. The molecule has 1 heterocycles. The molecule has 2 rings (SSSR count). The molecule has 1 aromatic rings. The molecule has 0 aromatic heterocycles. The molecule has 1 aliphatic heterocycles. The highest BCUT2D eigenvalue weighted by Gasteiger charge is 2.22. The Balaban J connectivity index is 2.01. The van der Waals surface area contributed by atoms with E-state index in [0.29, 0.717) is 36.6 Å². The van der Waals surface area contributed by atoms with E-state index in [1.165, 1.54) is 0 Å². The lowest BCUT2D eigenvalue weighted by atomic mass is 10.1. The number of aliphatic hydroxyl groups excluding tert-OH is 1. The normalized spacial score (nSPS) is 16.6. The molecule has 0 radical (unpaired) electrons. The van der Waals surface area contributed by atoms with Crippen LogP contribution < -0.4 is 11.5 Å². The Labute approximate surface area is 112 Å². The van der Waals surface area contributed by atoms with Crippen LogP contribution in [0, 0.1) is 0 Å². The number of nitrogen functional groups attached to an aromatic ring is 2. The van der Waals surface area contributed by atoms with Gasteiger partial charge in [0.15, 0.2) is 0 Å². The molecule has 1 amide bonds. The van der Waals surface area contributed by atoms with Crippen molar-refractivity contribution in [1.29, 1.82) is 0 Å². The number of carbonyl (C=O) groups excluding carboxylic acids is 1. The van der Waals surface area contributed by atoms with Gasteiger partial charge in [-0.05, 0) is 18.2 Å². The summed E-state index contributed by atoms with van der Waals surface area (Å²) in [5, 5.41) is 8.88. The van der Waals surface area contributed by atoms with Crippen molar-refractivity contribution in [3.63, 3.8) is 0 Å². The molecule has 5 N–H and O–H groups in total. The molecule has 0 saturated carbocycles. The van der Waals surface area contributed by atoms with E-state index in [-0.39, 0.29) is 12.5 Å². The molecule has 0 aliphatic carbocycles. The molecule has 0 spiro atoms. The Hall–Kier alpha value is -1.79. The molecule has 104 valence electrons. The van der Waals surface area contributed by atoms with Gasteiger partial charge in [-0.1, -0.05) is 0 Å². The summed E-state index contributed by atoms with van der Waals surface area (Å²) in [7, 11) is 0. The van der Waals surface area contributed by atoms with Crippen molar-refractivity contribution in [2.75, 3.05) is 50.8 Å². The van der Waals surface area contributed by atoms with Crippen molar-refractivity contribution < 1.29 is 9.90 Å². The molecule has 6 nitrogen and oxygen atoms in total. The summed E-state index contributed by atoms with van der Waals surface area (Å²) < 4.78 is 0. The summed E-state index contributed by atoms with van der Waals surface area (Å²) in [6, 6.07) is 4.94. The Bertz CT molecular complexity index is 436. The fourth-order valence-electron chi connectivity index (χ4n) is 2.30. The monoisotopic (exact) mass is 264 g/mol. The van der Waals surface area contributed by atoms with Gasteiger partial charge in [-0.15, -0.1) is 0 Å². The third kappa shape index (κ3) is 3.36. The first-order valence-electron chi connectivity index (χ1n) is 6.38. The number of nitrogens with zero attached hydrogens (tertiary/aromatic N) is 2. The maximum absolute atomic E-state index is 12.3. The summed E-state index contributed by atoms with van der Waals surface area (Å²) in [5.74, 6) is -0.0392. The number of hydrogen-bond acceptors (Lipinski definition) is 5. The minimum Gasteiger partial charge on any atom is -0.399 e. The zero-order valence-corrected chi connectivity index (χ0v) is 10.9. The Morgan fingerprint density at radius 2 is 1.68 bits per heavy atom. The predicted molar refractivity (Wildman–Crippen MR) is 74.7 cm³/mol. The third-order valence-corrected chi connectivity index (χ3v) is 3.30. The van der Waals surface area contributed by atoms with Gasteiger partial charge in [0, 0.05) is 49.7 Å². The molecule has 1 saturated heterocycles. The Morgan fingerprint density at radius 3 is 2.21 bits per heavy atom.